The molecule has 2 nitrogen and oxygen atoms in total. The van der Waals surface area contributed by atoms with Crippen LogP contribution < -0.4 is 4.90 Å². The van der Waals surface area contributed by atoms with Crippen LogP contribution in [0.15, 0.2) is 24.3 Å². The third kappa shape index (κ3) is 3.29. The average Bonchev–Trinajstić information content (AvgIpc) is 2.65. The minimum absolute atomic E-state index is 0.183. The van der Waals surface area contributed by atoms with E-state index in [1.807, 2.05) is 0 Å². The molecule has 102 valence electrons. The van der Waals surface area contributed by atoms with E-state index < -0.39 is 0 Å². The lowest BCUT2D eigenvalue weighted by Gasteiger charge is -2.35. The second-order valence-corrected chi connectivity index (χ2v) is 5.57. The van der Waals surface area contributed by atoms with Crippen LogP contribution in [0.2, 0.25) is 0 Å². The van der Waals surface area contributed by atoms with Crippen molar-refractivity contribution in [2.75, 3.05) is 11.4 Å². The monoisotopic (exact) mass is 256 g/mol. The number of aryl methyl sites for hydroxylation is 1. The largest absolute Gasteiger partial charge is 0.367 e. The van der Waals surface area contributed by atoms with Crippen molar-refractivity contribution < 1.29 is 0 Å². The molecule has 0 spiro atoms. The van der Waals surface area contributed by atoms with Gasteiger partial charge in [0, 0.05) is 18.3 Å². The first kappa shape index (κ1) is 13.9. The molecule has 0 saturated heterocycles. The van der Waals surface area contributed by atoms with E-state index in [-0.39, 0.29) is 5.92 Å². The van der Waals surface area contributed by atoms with Crippen LogP contribution in [0.3, 0.4) is 0 Å². The summed E-state index contributed by atoms with van der Waals surface area (Å²) in [6, 6.07) is 11.6. The van der Waals surface area contributed by atoms with Gasteiger partial charge >= 0.3 is 0 Å². The van der Waals surface area contributed by atoms with Gasteiger partial charge in [0.2, 0.25) is 0 Å². The van der Waals surface area contributed by atoms with Gasteiger partial charge in [0.1, 0.15) is 0 Å². The molecule has 0 heterocycles. The van der Waals surface area contributed by atoms with E-state index in [4.69, 9.17) is 0 Å². The molecule has 0 radical (unpaired) electrons. The van der Waals surface area contributed by atoms with Gasteiger partial charge in [-0.2, -0.15) is 5.26 Å². The quantitative estimate of drug-likeness (QED) is 0.754. The average molecular weight is 256 g/mol. The smallest absolute Gasteiger partial charge is 0.0677 e. The highest BCUT2D eigenvalue weighted by Gasteiger charge is 2.28. The summed E-state index contributed by atoms with van der Waals surface area (Å²) in [5.74, 6) is 0.183. The maximum Gasteiger partial charge on any atom is 0.0677 e. The Morgan fingerprint density at radius 2 is 2.05 bits per heavy atom. The summed E-state index contributed by atoms with van der Waals surface area (Å²) >= 11 is 0. The van der Waals surface area contributed by atoms with Crippen molar-refractivity contribution in [1.29, 1.82) is 5.26 Å². The number of hydrogen-bond donors (Lipinski definition) is 0. The maximum atomic E-state index is 9.46. The van der Waals surface area contributed by atoms with E-state index >= 15 is 0 Å². The summed E-state index contributed by atoms with van der Waals surface area (Å²) in [6.07, 6.45) is 5.95. The van der Waals surface area contributed by atoms with Gasteiger partial charge in [-0.25, -0.2) is 0 Å². The summed E-state index contributed by atoms with van der Waals surface area (Å²) in [7, 11) is 0. The first-order valence-corrected chi connectivity index (χ1v) is 7.49. The van der Waals surface area contributed by atoms with Crippen LogP contribution in [0.1, 0.15) is 44.6 Å². The third-order valence-electron chi connectivity index (χ3n) is 4.22. The predicted octanol–water partition coefficient (Wildman–Crippen LogP) is 4.29. The Kier molecular flexibility index (Phi) is 4.85. The molecule has 2 heteroatoms. The van der Waals surface area contributed by atoms with E-state index in [1.165, 1.54) is 30.5 Å². The molecule has 0 amide bonds. The molecular weight excluding hydrogens is 232 g/mol. The zero-order chi connectivity index (χ0) is 13.7. The van der Waals surface area contributed by atoms with Crippen molar-refractivity contribution in [1.82, 2.24) is 0 Å². The van der Waals surface area contributed by atoms with Crippen LogP contribution in [-0.4, -0.2) is 12.6 Å². The SMILES string of the molecule is CCN(c1cccc(C)c1)C1CCCCCC1C#N. The molecule has 1 aromatic carbocycles. The lowest BCUT2D eigenvalue weighted by atomic mass is 9.94. The second-order valence-electron chi connectivity index (χ2n) is 5.57. The highest BCUT2D eigenvalue weighted by atomic mass is 15.2. The summed E-state index contributed by atoms with van der Waals surface area (Å²) in [4.78, 5) is 2.44. The zero-order valence-corrected chi connectivity index (χ0v) is 12.1. The zero-order valence-electron chi connectivity index (χ0n) is 12.1. The van der Waals surface area contributed by atoms with E-state index in [0.29, 0.717) is 6.04 Å². The fourth-order valence-corrected chi connectivity index (χ4v) is 3.23. The third-order valence-corrected chi connectivity index (χ3v) is 4.22. The Labute approximate surface area is 117 Å². The molecule has 1 aromatic rings. The van der Waals surface area contributed by atoms with Crippen LogP contribution in [0.5, 0.6) is 0 Å². The van der Waals surface area contributed by atoms with Gasteiger partial charge in [-0.1, -0.05) is 31.4 Å². The summed E-state index contributed by atoms with van der Waals surface area (Å²) in [5, 5.41) is 9.46. The predicted molar refractivity (Wildman–Crippen MR) is 80.2 cm³/mol. The van der Waals surface area contributed by atoms with E-state index in [2.05, 4.69) is 49.1 Å². The molecule has 2 atom stereocenters. The summed E-state index contributed by atoms with van der Waals surface area (Å²) < 4.78 is 0. The fourth-order valence-electron chi connectivity index (χ4n) is 3.23. The topological polar surface area (TPSA) is 27.0 Å². The number of hydrogen-bond acceptors (Lipinski definition) is 2. The van der Waals surface area contributed by atoms with E-state index in [1.54, 1.807) is 0 Å². The first-order valence-electron chi connectivity index (χ1n) is 7.49. The van der Waals surface area contributed by atoms with Gasteiger partial charge in [0.15, 0.2) is 0 Å². The molecule has 1 fully saturated rings. The highest BCUT2D eigenvalue weighted by Crippen LogP contribution is 2.30. The van der Waals surface area contributed by atoms with Gasteiger partial charge in [-0.05, 0) is 44.4 Å². The minimum Gasteiger partial charge on any atom is -0.367 e. The van der Waals surface area contributed by atoms with Gasteiger partial charge in [-0.15, -0.1) is 0 Å². The summed E-state index contributed by atoms with van der Waals surface area (Å²) in [6.45, 7) is 5.31. The Morgan fingerprint density at radius 3 is 2.74 bits per heavy atom. The van der Waals surface area contributed by atoms with Crippen LogP contribution in [-0.2, 0) is 0 Å². The molecule has 2 unspecified atom stereocenters. The van der Waals surface area contributed by atoms with Gasteiger partial charge < -0.3 is 4.90 Å². The number of benzene rings is 1. The number of rotatable bonds is 3. The summed E-state index contributed by atoms with van der Waals surface area (Å²) in [5.41, 5.74) is 2.56. The Bertz CT molecular complexity index is 447. The van der Waals surface area contributed by atoms with Crippen molar-refractivity contribution in [3.8, 4) is 6.07 Å². The number of anilines is 1. The molecule has 0 bridgehead atoms. The maximum absolute atomic E-state index is 9.46. The number of nitriles is 1. The second kappa shape index (κ2) is 6.61. The van der Waals surface area contributed by atoms with Crippen LogP contribution in [0, 0.1) is 24.2 Å². The van der Waals surface area contributed by atoms with Crippen molar-refractivity contribution >= 4 is 5.69 Å². The lowest BCUT2D eigenvalue weighted by molar-refractivity contribution is 0.452. The molecule has 1 saturated carbocycles. The van der Waals surface area contributed by atoms with Crippen molar-refractivity contribution in [2.45, 2.75) is 52.0 Å². The molecule has 0 N–H and O–H groups in total. The first-order chi connectivity index (χ1) is 9.26. The Hall–Kier alpha value is -1.49. The fraction of sp³-hybridized carbons (Fsp3) is 0.588. The van der Waals surface area contributed by atoms with Crippen molar-refractivity contribution in [3.63, 3.8) is 0 Å². The van der Waals surface area contributed by atoms with E-state index in [0.717, 1.165) is 19.4 Å². The normalized spacial score (nSPS) is 23.4. The van der Waals surface area contributed by atoms with Gasteiger partial charge in [0.05, 0.1) is 12.0 Å². The van der Waals surface area contributed by atoms with Crippen LogP contribution >= 0.6 is 0 Å². The van der Waals surface area contributed by atoms with Crippen molar-refractivity contribution in [2.24, 2.45) is 5.92 Å². The molecule has 1 aliphatic carbocycles. The van der Waals surface area contributed by atoms with E-state index in [9.17, 15) is 5.26 Å². The molecule has 19 heavy (non-hydrogen) atoms. The highest BCUT2D eigenvalue weighted by molar-refractivity contribution is 5.49. The minimum atomic E-state index is 0.183. The lowest BCUT2D eigenvalue weighted by Crippen LogP contribution is -2.40. The Morgan fingerprint density at radius 1 is 1.26 bits per heavy atom. The Balaban J connectivity index is 2.26. The van der Waals surface area contributed by atoms with Gasteiger partial charge in [-0.3, -0.25) is 0 Å². The molecular formula is C17H24N2. The van der Waals surface area contributed by atoms with Gasteiger partial charge in [0.25, 0.3) is 0 Å². The standard InChI is InChI=1S/C17H24N2/c1-3-19(16-10-7-8-14(2)12-16)17-11-6-4-5-9-15(17)13-18/h7-8,10,12,15,17H,3-6,9,11H2,1-2H3. The number of nitrogens with zero attached hydrogens (tertiary/aromatic N) is 2. The molecule has 1 aliphatic rings. The molecule has 0 aromatic heterocycles. The molecule has 2 rings (SSSR count). The van der Waals surface area contributed by atoms with Crippen molar-refractivity contribution in [3.05, 3.63) is 29.8 Å². The van der Waals surface area contributed by atoms with Crippen LogP contribution in [0.25, 0.3) is 0 Å². The molecule has 0 aliphatic heterocycles. The van der Waals surface area contributed by atoms with Crippen LogP contribution in [0.4, 0.5) is 5.69 Å².